The van der Waals surface area contributed by atoms with Crippen molar-refractivity contribution in [3.8, 4) is 0 Å². The highest BCUT2D eigenvalue weighted by molar-refractivity contribution is 9.10. The Morgan fingerprint density at radius 2 is 2.18 bits per heavy atom. The lowest BCUT2D eigenvalue weighted by molar-refractivity contribution is 0.0786. The number of likely N-dealkylation sites (tertiary alicyclic amines) is 1. The first kappa shape index (κ1) is 13.1. The van der Waals surface area contributed by atoms with Crippen molar-refractivity contribution in [2.24, 2.45) is 5.92 Å². The number of rotatable bonds is 3. The molecule has 92 valence electrons. The largest absolute Gasteiger partial charge is 0.338 e. The number of hydrogen-bond acceptors (Lipinski definition) is 1. The Labute approximate surface area is 119 Å². The van der Waals surface area contributed by atoms with Gasteiger partial charge in [0.2, 0.25) is 0 Å². The molecule has 0 aliphatic carbocycles. The average Bonchev–Trinajstić information content (AvgIpc) is 2.78. The molecule has 17 heavy (non-hydrogen) atoms. The van der Waals surface area contributed by atoms with E-state index in [0.29, 0.717) is 5.92 Å². The van der Waals surface area contributed by atoms with Crippen LogP contribution in [-0.4, -0.2) is 29.2 Å². The Morgan fingerprint density at radius 3 is 2.88 bits per heavy atom. The van der Waals surface area contributed by atoms with Crippen molar-refractivity contribution in [3.63, 3.8) is 0 Å². The molecular weight excluding hydrogens is 346 g/mol. The van der Waals surface area contributed by atoms with Crippen LogP contribution in [0.25, 0.3) is 0 Å². The number of nitrogens with zero attached hydrogens (tertiary/aromatic N) is 1. The molecule has 1 saturated heterocycles. The van der Waals surface area contributed by atoms with Crippen LogP contribution in [0.4, 0.5) is 0 Å². The summed E-state index contributed by atoms with van der Waals surface area (Å²) in [5, 5.41) is 1.02. The van der Waals surface area contributed by atoms with E-state index in [1.807, 2.05) is 29.2 Å². The van der Waals surface area contributed by atoms with Gasteiger partial charge in [-0.3, -0.25) is 4.79 Å². The van der Waals surface area contributed by atoms with Crippen LogP contribution in [-0.2, 0) is 0 Å². The Hall–Kier alpha value is -0.350. The van der Waals surface area contributed by atoms with Crippen LogP contribution < -0.4 is 0 Å². The summed E-state index contributed by atoms with van der Waals surface area (Å²) in [6.07, 6.45) is 2.28. The van der Waals surface area contributed by atoms with Crippen LogP contribution in [0.1, 0.15) is 23.2 Å². The Morgan fingerprint density at radius 1 is 1.41 bits per heavy atom. The molecule has 2 rings (SSSR count). The van der Waals surface area contributed by atoms with Crippen molar-refractivity contribution in [3.05, 3.63) is 34.3 Å². The molecule has 1 aliphatic heterocycles. The SMILES string of the molecule is O=C(c1ccccc1Br)N1CCC(CCBr)C1. The lowest BCUT2D eigenvalue weighted by atomic mass is 10.1. The molecule has 1 unspecified atom stereocenters. The van der Waals surface area contributed by atoms with Crippen LogP contribution in [0.2, 0.25) is 0 Å². The first-order valence-corrected chi connectivity index (χ1v) is 7.73. The smallest absolute Gasteiger partial charge is 0.255 e. The molecule has 0 radical (unpaired) electrons. The highest BCUT2D eigenvalue weighted by atomic mass is 79.9. The summed E-state index contributed by atoms with van der Waals surface area (Å²) < 4.78 is 0.883. The number of carbonyl (C=O) groups excluding carboxylic acids is 1. The fourth-order valence-corrected chi connectivity index (χ4v) is 3.31. The van der Waals surface area contributed by atoms with E-state index in [1.54, 1.807) is 0 Å². The maximum Gasteiger partial charge on any atom is 0.255 e. The predicted octanol–water partition coefficient (Wildman–Crippen LogP) is 3.70. The quantitative estimate of drug-likeness (QED) is 0.752. The molecule has 0 spiro atoms. The molecule has 0 bridgehead atoms. The minimum atomic E-state index is 0.148. The van der Waals surface area contributed by atoms with Crippen molar-refractivity contribution in [2.45, 2.75) is 12.8 Å². The highest BCUT2D eigenvalue weighted by Crippen LogP contribution is 2.24. The minimum absolute atomic E-state index is 0.148. The van der Waals surface area contributed by atoms with E-state index in [2.05, 4.69) is 31.9 Å². The molecule has 0 N–H and O–H groups in total. The third-order valence-corrected chi connectivity index (χ3v) is 4.34. The zero-order valence-corrected chi connectivity index (χ0v) is 12.7. The van der Waals surface area contributed by atoms with Gasteiger partial charge in [-0.1, -0.05) is 28.1 Å². The molecule has 4 heteroatoms. The minimum Gasteiger partial charge on any atom is -0.338 e. The summed E-state index contributed by atoms with van der Waals surface area (Å²) in [6, 6.07) is 7.63. The maximum atomic E-state index is 12.3. The second-order valence-electron chi connectivity index (χ2n) is 4.36. The van der Waals surface area contributed by atoms with Gasteiger partial charge in [-0.2, -0.15) is 0 Å². The summed E-state index contributed by atoms with van der Waals surface area (Å²) in [5.74, 6) is 0.801. The first-order valence-electron chi connectivity index (χ1n) is 5.82. The normalized spacial score (nSPS) is 19.6. The van der Waals surface area contributed by atoms with Crippen LogP contribution in [0.5, 0.6) is 0 Å². The fraction of sp³-hybridized carbons (Fsp3) is 0.462. The van der Waals surface area contributed by atoms with Gasteiger partial charge < -0.3 is 4.90 Å². The van der Waals surface area contributed by atoms with Gasteiger partial charge in [0, 0.05) is 22.9 Å². The summed E-state index contributed by atoms with van der Waals surface area (Å²) in [5.41, 5.74) is 0.770. The van der Waals surface area contributed by atoms with Crippen LogP contribution in [0.15, 0.2) is 28.7 Å². The first-order chi connectivity index (χ1) is 8.22. The van der Waals surface area contributed by atoms with Gasteiger partial charge in [0.15, 0.2) is 0 Å². The molecule has 1 aromatic carbocycles. The third kappa shape index (κ3) is 3.10. The molecule has 1 amide bonds. The lowest BCUT2D eigenvalue weighted by Crippen LogP contribution is -2.29. The molecule has 1 fully saturated rings. The zero-order chi connectivity index (χ0) is 12.3. The van der Waals surface area contributed by atoms with Crippen molar-refractivity contribution in [2.75, 3.05) is 18.4 Å². The van der Waals surface area contributed by atoms with Gasteiger partial charge in [-0.05, 0) is 46.8 Å². The van der Waals surface area contributed by atoms with E-state index in [0.717, 1.165) is 41.3 Å². The van der Waals surface area contributed by atoms with Gasteiger partial charge in [0.1, 0.15) is 0 Å². The summed E-state index contributed by atoms with van der Waals surface area (Å²) in [4.78, 5) is 14.3. The monoisotopic (exact) mass is 359 g/mol. The van der Waals surface area contributed by atoms with Gasteiger partial charge in [0.05, 0.1) is 5.56 Å². The van der Waals surface area contributed by atoms with E-state index >= 15 is 0 Å². The van der Waals surface area contributed by atoms with Gasteiger partial charge in [-0.15, -0.1) is 0 Å². The molecule has 1 aromatic rings. The number of alkyl halides is 1. The molecule has 1 aliphatic rings. The second kappa shape index (κ2) is 6.01. The van der Waals surface area contributed by atoms with Crippen LogP contribution >= 0.6 is 31.9 Å². The summed E-state index contributed by atoms with van der Waals surface area (Å²) in [6.45, 7) is 1.78. The Kier molecular flexibility index (Phi) is 4.62. The van der Waals surface area contributed by atoms with Crippen LogP contribution in [0, 0.1) is 5.92 Å². The van der Waals surface area contributed by atoms with Gasteiger partial charge in [-0.25, -0.2) is 0 Å². The topological polar surface area (TPSA) is 20.3 Å². The van der Waals surface area contributed by atoms with E-state index in [-0.39, 0.29) is 5.91 Å². The Balaban J connectivity index is 2.05. The van der Waals surface area contributed by atoms with Gasteiger partial charge >= 0.3 is 0 Å². The third-order valence-electron chi connectivity index (χ3n) is 3.19. The van der Waals surface area contributed by atoms with E-state index < -0.39 is 0 Å². The lowest BCUT2D eigenvalue weighted by Gasteiger charge is -2.17. The van der Waals surface area contributed by atoms with E-state index in [9.17, 15) is 4.79 Å². The summed E-state index contributed by atoms with van der Waals surface area (Å²) >= 11 is 6.90. The number of halogens is 2. The molecular formula is C13H15Br2NO. The average molecular weight is 361 g/mol. The fourth-order valence-electron chi connectivity index (χ4n) is 2.21. The molecule has 1 heterocycles. The second-order valence-corrected chi connectivity index (χ2v) is 6.01. The predicted molar refractivity (Wildman–Crippen MR) is 76.6 cm³/mol. The number of carbonyl (C=O) groups is 1. The maximum absolute atomic E-state index is 12.3. The number of benzene rings is 1. The molecule has 1 atom stereocenters. The standard InChI is InChI=1S/C13H15Br2NO/c14-7-5-10-6-8-16(9-10)13(17)11-3-1-2-4-12(11)15/h1-4,10H,5-9H2. The molecule has 0 saturated carbocycles. The highest BCUT2D eigenvalue weighted by Gasteiger charge is 2.27. The van der Waals surface area contributed by atoms with Crippen molar-refractivity contribution < 1.29 is 4.79 Å². The molecule has 0 aromatic heterocycles. The van der Waals surface area contributed by atoms with Crippen molar-refractivity contribution in [1.82, 2.24) is 4.90 Å². The van der Waals surface area contributed by atoms with Crippen molar-refractivity contribution >= 4 is 37.8 Å². The zero-order valence-electron chi connectivity index (χ0n) is 9.53. The van der Waals surface area contributed by atoms with E-state index in [4.69, 9.17) is 0 Å². The van der Waals surface area contributed by atoms with Crippen LogP contribution in [0.3, 0.4) is 0 Å². The van der Waals surface area contributed by atoms with Crippen molar-refractivity contribution in [1.29, 1.82) is 0 Å². The Bertz CT molecular complexity index is 408. The number of amides is 1. The summed E-state index contributed by atoms with van der Waals surface area (Å²) in [7, 11) is 0. The molecule has 2 nitrogen and oxygen atoms in total. The van der Waals surface area contributed by atoms with E-state index in [1.165, 1.54) is 0 Å². The number of hydrogen-bond donors (Lipinski definition) is 0. The van der Waals surface area contributed by atoms with Gasteiger partial charge in [0.25, 0.3) is 5.91 Å².